The summed E-state index contributed by atoms with van der Waals surface area (Å²) in [5, 5.41) is 82.3. The minimum Gasteiger partial charge on any atom is -0.507 e. The van der Waals surface area contributed by atoms with Crippen LogP contribution in [-0.2, 0) is 36.8 Å². The van der Waals surface area contributed by atoms with Crippen LogP contribution in [0.15, 0.2) is 90.6 Å². The molecule has 11 N–H and O–H groups in total. The monoisotopic (exact) mass is 1150 g/mol. The average Bonchev–Trinajstić information content (AvgIpc) is 0.814. The van der Waals surface area contributed by atoms with E-state index in [-0.39, 0.29) is 68.3 Å². The summed E-state index contributed by atoms with van der Waals surface area (Å²) in [7, 11) is 0. The number of phenolic OH excluding ortho intramolecular Hbond substituents is 2. The van der Waals surface area contributed by atoms with Crippen molar-refractivity contribution in [3.63, 3.8) is 0 Å². The van der Waals surface area contributed by atoms with Crippen LogP contribution in [0.2, 0.25) is 0 Å². The molecule has 6 atom stereocenters. The molecule has 1 saturated carbocycles. The van der Waals surface area contributed by atoms with Crippen LogP contribution in [0.25, 0.3) is 28.1 Å². The lowest BCUT2D eigenvalue weighted by molar-refractivity contribution is -0.132. The summed E-state index contributed by atoms with van der Waals surface area (Å²) < 4.78 is 28.5. The summed E-state index contributed by atoms with van der Waals surface area (Å²) in [6.07, 6.45) is 14.0. The molecule has 15 nitrogen and oxygen atoms in total. The second-order valence-electron chi connectivity index (χ2n) is 25.1. The predicted octanol–water partition coefficient (Wildman–Crippen LogP) is 9.52. The van der Waals surface area contributed by atoms with Gasteiger partial charge < -0.3 is 70.5 Å². The molecule has 1 fully saturated rings. The maximum Gasteiger partial charge on any atom is 0.161 e. The van der Waals surface area contributed by atoms with Gasteiger partial charge in [0.05, 0.1) is 25.5 Å². The van der Waals surface area contributed by atoms with Gasteiger partial charge in [-0.25, -0.2) is 0 Å². The van der Waals surface area contributed by atoms with Crippen LogP contribution in [-0.4, -0.2) is 125 Å². The Kier molecular flexibility index (Phi) is 19.0. The summed E-state index contributed by atoms with van der Waals surface area (Å²) >= 11 is 0. The molecule has 0 amide bonds. The number of phenols is 2. The normalized spacial score (nSPS) is 21.6. The van der Waals surface area contributed by atoms with E-state index in [1.54, 1.807) is 0 Å². The van der Waals surface area contributed by atoms with E-state index in [2.05, 4.69) is 107 Å². The average molecular weight is 1150 g/mol. The Morgan fingerprint density at radius 3 is 2.48 bits per heavy atom. The highest BCUT2D eigenvalue weighted by Crippen LogP contribution is 2.62. The Balaban J connectivity index is 1.07. The van der Waals surface area contributed by atoms with Gasteiger partial charge in [0.15, 0.2) is 17.6 Å². The number of aromatic hydroxyl groups is 2. The summed E-state index contributed by atoms with van der Waals surface area (Å²) in [5.74, 6) is 1.88. The number of nitrogens with one attached hydrogen (secondary N) is 5. The molecule has 5 aromatic carbocycles. The molecular weight excluding hydrogens is 1060 g/mol. The fourth-order valence-electron chi connectivity index (χ4n) is 14.6. The number of rotatable bonds is 27. The Bertz CT molecular complexity index is 3220. The van der Waals surface area contributed by atoms with Crippen LogP contribution in [0.5, 0.6) is 28.7 Å². The van der Waals surface area contributed by atoms with Gasteiger partial charge in [0.2, 0.25) is 0 Å². The lowest BCUT2D eigenvalue weighted by atomic mass is 9.62. The van der Waals surface area contributed by atoms with Crippen molar-refractivity contribution in [2.45, 2.75) is 152 Å². The first-order chi connectivity index (χ1) is 40.9. The second-order valence-corrected chi connectivity index (χ2v) is 25.1. The van der Waals surface area contributed by atoms with E-state index >= 15 is 0 Å². The van der Waals surface area contributed by atoms with Crippen LogP contribution < -0.4 is 35.5 Å². The van der Waals surface area contributed by atoms with Gasteiger partial charge in [0.25, 0.3) is 0 Å². The molecule has 6 aromatic rings. The highest BCUT2D eigenvalue weighted by Gasteiger charge is 2.52. The van der Waals surface area contributed by atoms with Crippen LogP contribution in [0, 0.1) is 5.92 Å². The lowest BCUT2D eigenvalue weighted by Crippen LogP contribution is -2.56. The fraction of sp³-hybridized carbons (Fsp3) is 0.507. The molecule has 450 valence electrons. The molecule has 0 bridgehead atoms. The Hall–Kier alpha value is -5.98. The van der Waals surface area contributed by atoms with Crippen LogP contribution >= 0.6 is 0 Å². The first-order valence-corrected chi connectivity index (χ1v) is 31.1. The number of aryl methyl sites for hydroxylation is 2. The van der Waals surface area contributed by atoms with Crippen molar-refractivity contribution in [2.75, 3.05) is 66.0 Å². The van der Waals surface area contributed by atoms with Crippen LogP contribution in [0.1, 0.15) is 147 Å². The van der Waals surface area contributed by atoms with Crippen molar-refractivity contribution in [1.29, 1.82) is 0 Å². The molecule has 5 aliphatic rings. The maximum absolute atomic E-state index is 12.1. The maximum atomic E-state index is 12.1. The van der Waals surface area contributed by atoms with Gasteiger partial charge in [0.1, 0.15) is 35.6 Å². The van der Waals surface area contributed by atoms with Gasteiger partial charge in [-0.15, -0.1) is 0 Å². The zero-order valence-electron chi connectivity index (χ0n) is 49.4. The Morgan fingerprint density at radius 1 is 0.833 bits per heavy atom. The number of aromatic nitrogens is 1. The third-order valence-corrected chi connectivity index (χ3v) is 18.3. The first-order valence-electron chi connectivity index (χ1n) is 31.1. The van der Waals surface area contributed by atoms with E-state index in [9.17, 15) is 30.6 Å². The van der Waals surface area contributed by atoms with Crippen molar-refractivity contribution >= 4 is 17.0 Å². The van der Waals surface area contributed by atoms with Crippen molar-refractivity contribution in [3.8, 4) is 39.9 Å². The molecule has 3 heterocycles. The summed E-state index contributed by atoms with van der Waals surface area (Å²) in [5.41, 5.74) is 10.8. The summed E-state index contributed by atoms with van der Waals surface area (Å²) in [6, 6.07) is 27.4. The van der Waals surface area contributed by atoms with Gasteiger partial charge in [0, 0.05) is 85.3 Å². The van der Waals surface area contributed by atoms with Crippen molar-refractivity contribution in [2.24, 2.45) is 5.92 Å². The number of aromatic amines is 1. The van der Waals surface area contributed by atoms with Gasteiger partial charge in [-0.1, -0.05) is 75.6 Å². The quantitative estimate of drug-likeness (QED) is 0.0171. The third-order valence-electron chi connectivity index (χ3n) is 18.3. The molecule has 84 heavy (non-hydrogen) atoms. The van der Waals surface area contributed by atoms with Crippen molar-refractivity contribution in [3.05, 3.63) is 141 Å². The molecule has 0 radical (unpaired) electrons. The van der Waals surface area contributed by atoms with E-state index in [1.807, 2.05) is 31.3 Å². The molecule has 0 spiro atoms. The smallest absolute Gasteiger partial charge is 0.161 e. The molecule has 0 saturated heterocycles. The molecule has 2 aliphatic heterocycles. The number of H-pyrrole nitrogens is 1. The molecule has 1 aromatic heterocycles. The minimum absolute atomic E-state index is 0.0437. The first kappa shape index (κ1) is 59.7. The molecular formula is C69H89N5O10. The van der Waals surface area contributed by atoms with Crippen molar-refractivity contribution < 1.29 is 49.6 Å². The van der Waals surface area contributed by atoms with E-state index in [4.69, 9.17) is 18.9 Å². The van der Waals surface area contributed by atoms with E-state index in [0.717, 1.165) is 101 Å². The van der Waals surface area contributed by atoms with Crippen molar-refractivity contribution in [1.82, 2.24) is 26.3 Å². The number of benzene rings is 5. The molecule has 15 heteroatoms. The Labute approximate surface area is 495 Å². The van der Waals surface area contributed by atoms with Gasteiger partial charge in [-0.05, 0) is 182 Å². The highest BCUT2D eigenvalue weighted by atomic mass is 16.6. The topological polar surface area (TPSA) is 222 Å². The van der Waals surface area contributed by atoms with E-state index in [0.29, 0.717) is 94.0 Å². The number of aliphatic hydroxyl groups excluding tert-OH is 3. The molecule has 0 unspecified atom stereocenters. The number of hydrogen-bond donors (Lipinski definition) is 11. The standard InChI is InChI=1S/C69H89N5O10/c1-43(2)35-68(3,80)39-71-41-72-40-69(82-42-74-50-16-8-5-9-17-50)36-57-54-34-56-61(46-18-22-58-45(30-46)24-26-73-58)49(37-70-25-10-14-44-12-6-4-7-13-44)32-55-59(78)23-21-52(62(55)56)63(54)66-53(20-19-51(38-77)83-66)65(57)84-67(69)48-31-47(15-11-27-75)64(79)60(33-48)81-29-28-76/h4,6-7,12-13,18,21-24,26,30-33,43,50-51,56,61,67,70-80H,5,8-11,14-17,19-20,25,27-29,34-42H2,1-3H3/t51-,56-,61+,67-,68-,69+/m1/s1. The van der Waals surface area contributed by atoms with Gasteiger partial charge in [-0.2, -0.15) is 0 Å². The SMILES string of the molecule is CC(C)C[C@@](C)(O)CNCNC[C@@]1(OCNC2CCCCC2)Cc2c3c(c4c(c2O[C@@H]1c1cc(CCCO)c(O)c(OCCO)c1)CC[C@H](CO)O4)-c1ccc(O)c2c1[C@H](C3)[C@@H](c1ccc3[nH]ccc3c1)C(CNCCCc1ccccc1)=C2. The fourth-order valence-corrected chi connectivity index (χ4v) is 14.6. The van der Waals surface area contributed by atoms with Gasteiger partial charge >= 0.3 is 0 Å². The highest BCUT2D eigenvalue weighted by molar-refractivity contribution is 5.90. The van der Waals surface area contributed by atoms with Gasteiger partial charge in [-0.3, -0.25) is 5.32 Å². The predicted molar refractivity (Wildman–Crippen MR) is 329 cm³/mol. The number of fused-ring (bicyclic) bond motifs is 8. The van der Waals surface area contributed by atoms with E-state index < -0.39 is 23.4 Å². The third kappa shape index (κ3) is 12.9. The van der Waals surface area contributed by atoms with Crippen LogP contribution in [0.4, 0.5) is 0 Å². The zero-order valence-corrected chi connectivity index (χ0v) is 49.4. The van der Waals surface area contributed by atoms with E-state index in [1.165, 1.54) is 23.1 Å². The number of ether oxygens (including phenoxy) is 4. The second kappa shape index (κ2) is 26.7. The Morgan fingerprint density at radius 2 is 1.68 bits per heavy atom. The molecule has 3 aliphatic carbocycles. The number of aliphatic hydroxyl groups is 4. The number of hydrogen-bond acceptors (Lipinski definition) is 14. The summed E-state index contributed by atoms with van der Waals surface area (Å²) in [4.78, 5) is 3.41. The summed E-state index contributed by atoms with van der Waals surface area (Å²) in [6.45, 7) is 8.28. The largest absolute Gasteiger partial charge is 0.507 e. The lowest BCUT2D eigenvalue weighted by Gasteiger charge is -2.48. The minimum atomic E-state index is -1.14. The molecule has 11 rings (SSSR count). The van der Waals surface area contributed by atoms with Crippen LogP contribution in [0.3, 0.4) is 0 Å². The zero-order chi connectivity index (χ0) is 58.4.